The van der Waals surface area contributed by atoms with Gasteiger partial charge in [0.25, 0.3) is 5.91 Å². The van der Waals surface area contributed by atoms with Gasteiger partial charge < -0.3 is 14.5 Å². The summed E-state index contributed by atoms with van der Waals surface area (Å²) in [5.41, 5.74) is 0. The number of rotatable bonds is 6. The SMILES string of the molecule is C[N+](C)(C)C[C@@H](CC(=O)OC(=O)C(F)(F)F)NC(=O)c1ccc(Br)s1. The van der Waals surface area contributed by atoms with Gasteiger partial charge in [-0.15, -0.1) is 11.3 Å². The number of amides is 1. The van der Waals surface area contributed by atoms with Crippen LogP contribution in [0.1, 0.15) is 16.1 Å². The maximum Gasteiger partial charge on any atom is 0.491 e. The molecule has 11 heteroatoms. The number of esters is 2. The van der Waals surface area contributed by atoms with Crippen molar-refractivity contribution in [3.8, 4) is 0 Å². The predicted octanol–water partition coefficient (Wildman–Crippen LogP) is 2.34. The number of alkyl halides is 3. The van der Waals surface area contributed by atoms with E-state index in [1.165, 1.54) is 11.3 Å². The number of halogens is 4. The molecule has 1 N–H and O–H groups in total. The van der Waals surface area contributed by atoms with Crippen LogP contribution >= 0.6 is 27.3 Å². The molecule has 6 nitrogen and oxygen atoms in total. The molecule has 1 amide bonds. The third-order valence-electron chi connectivity index (χ3n) is 2.75. The first kappa shape index (κ1) is 21.6. The van der Waals surface area contributed by atoms with Gasteiger partial charge in [0.1, 0.15) is 0 Å². The number of nitrogens with zero attached hydrogens (tertiary/aromatic N) is 1. The maximum absolute atomic E-state index is 12.2. The molecule has 0 fully saturated rings. The number of likely N-dealkylation sites (N-methyl/N-ethyl adjacent to an activating group) is 1. The molecular weight excluding hydrogens is 429 g/mol. The van der Waals surface area contributed by atoms with Crippen molar-refractivity contribution in [2.24, 2.45) is 0 Å². The van der Waals surface area contributed by atoms with Crippen molar-refractivity contribution in [2.75, 3.05) is 27.7 Å². The van der Waals surface area contributed by atoms with Crippen molar-refractivity contribution in [2.45, 2.75) is 18.6 Å². The Kier molecular flexibility index (Phi) is 7.15. The predicted molar refractivity (Wildman–Crippen MR) is 87.9 cm³/mol. The van der Waals surface area contributed by atoms with E-state index in [4.69, 9.17) is 0 Å². The van der Waals surface area contributed by atoms with Crippen LogP contribution in [-0.4, -0.2) is 62.2 Å². The number of carbonyl (C=O) groups is 3. The third kappa shape index (κ3) is 7.97. The van der Waals surface area contributed by atoms with Crippen molar-refractivity contribution < 1.29 is 36.8 Å². The molecule has 1 aromatic heterocycles. The normalized spacial score (nSPS) is 13.2. The van der Waals surface area contributed by atoms with E-state index in [2.05, 4.69) is 26.0 Å². The Bertz CT molecular complexity index is 655. The van der Waals surface area contributed by atoms with Gasteiger partial charge in [-0.25, -0.2) is 4.79 Å². The molecule has 0 bridgehead atoms. The maximum atomic E-state index is 12.2. The summed E-state index contributed by atoms with van der Waals surface area (Å²) in [5.74, 6) is -4.40. The fourth-order valence-corrected chi connectivity index (χ4v) is 3.21. The Morgan fingerprint density at radius 2 is 1.88 bits per heavy atom. The van der Waals surface area contributed by atoms with Crippen molar-refractivity contribution in [3.05, 3.63) is 20.8 Å². The molecule has 1 atom stereocenters. The summed E-state index contributed by atoms with van der Waals surface area (Å²) in [4.78, 5) is 34.9. The Morgan fingerprint density at radius 3 is 2.32 bits per heavy atom. The van der Waals surface area contributed by atoms with Crippen LogP contribution in [0.3, 0.4) is 0 Å². The minimum atomic E-state index is -5.25. The standard InChI is InChI=1S/C14H16BrF3N2O4S/c1-20(2,3)7-8(6-11(21)24-13(23)14(16,17)18)19-12(22)9-4-5-10(15)25-9/h4-5,8H,6-7H2,1-3H3/p+1/t8-/m1/s1. The summed E-state index contributed by atoms with van der Waals surface area (Å²) in [6.45, 7) is 0.244. The van der Waals surface area contributed by atoms with Crippen LogP contribution in [0.4, 0.5) is 13.2 Å². The average molecular weight is 446 g/mol. The number of thiophene rings is 1. The first-order chi connectivity index (χ1) is 11.3. The first-order valence-corrected chi connectivity index (χ1v) is 8.57. The van der Waals surface area contributed by atoms with Gasteiger partial charge >= 0.3 is 18.1 Å². The molecule has 0 aromatic carbocycles. The molecule has 1 heterocycles. The van der Waals surface area contributed by atoms with E-state index >= 15 is 0 Å². The fourth-order valence-electron chi connectivity index (χ4n) is 1.92. The summed E-state index contributed by atoms with van der Waals surface area (Å²) in [6, 6.07) is 2.44. The minimum Gasteiger partial charge on any atom is -0.386 e. The van der Waals surface area contributed by atoms with Gasteiger partial charge in [0, 0.05) is 0 Å². The summed E-state index contributed by atoms with van der Waals surface area (Å²) < 4.78 is 41.3. The van der Waals surface area contributed by atoms with E-state index in [0.29, 0.717) is 9.36 Å². The van der Waals surface area contributed by atoms with Gasteiger partial charge in [0.05, 0.1) is 48.8 Å². The quantitative estimate of drug-likeness (QED) is 0.414. The second-order valence-corrected chi connectivity index (χ2v) is 8.67. The molecule has 1 aromatic rings. The van der Waals surface area contributed by atoms with Gasteiger partial charge in [0.2, 0.25) is 0 Å². The Labute approximate surface area is 154 Å². The van der Waals surface area contributed by atoms with E-state index in [-0.39, 0.29) is 6.54 Å². The third-order valence-corrected chi connectivity index (χ3v) is 4.37. The molecule has 25 heavy (non-hydrogen) atoms. The number of carbonyl (C=O) groups excluding carboxylic acids is 3. The molecule has 0 aliphatic rings. The molecule has 0 saturated carbocycles. The molecule has 0 aliphatic carbocycles. The van der Waals surface area contributed by atoms with Gasteiger partial charge in [-0.05, 0) is 28.1 Å². The van der Waals surface area contributed by atoms with Crippen LogP contribution in [0.2, 0.25) is 0 Å². The van der Waals surface area contributed by atoms with Crippen LogP contribution in [0.25, 0.3) is 0 Å². The van der Waals surface area contributed by atoms with Gasteiger partial charge in [-0.1, -0.05) is 0 Å². The van der Waals surface area contributed by atoms with Crippen LogP contribution in [0.5, 0.6) is 0 Å². The second kappa shape index (κ2) is 8.28. The molecule has 140 valence electrons. The minimum absolute atomic E-state index is 0.244. The molecule has 0 saturated heterocycles. The highest BCUT2D eigenvalue weighted by molar-refractivity contribution is 9.11. The summed E-state index contributed by atoms with van der Waals surface area (Å²) >= 11 is 4.39. The molecular formula is C14H17BrF3N2O4S+. The molecule has 0 aliphatic heterocycles. The van der Waals surface area contributed by atoms with Crippen molar-refractivity contribution in [3.63, 3.8) is 0 Å². The largest absolute Gasteiger partial charge is 0.491 e. The molecule has 0 spiro atoms. The Morgan fingerprint density at radius 1 is 1.28 bits per heavy atom. The Hall–Kier alpha value is -1.46. The second-order valence-electron chi connectivity index (χ2n) is 6.21. The van der Waals surface area contributed by atoms with Gasteiger partial charge in [-0.3, -0.25) is 9.59 Å². The average Bonchev–Trinajstić information content (AvgIpc) is 2.82. The molecule has 1 rings (SSSR count). The number of hydrogen-bond donors (Lipinski definition) is 1. The summed E-state index contributed by atoms with van der Waals surface area (Å²) in [5, 5.41) is 2.59. The van der Waals surface area contributed by atoms with E-state index < -0.39 is 36.5 Å². The van der Waals surface area contributed by atoms with Gasteiger partial charge in [-0.2, -0.15) is 13.2 Å². The zero-order chi connectivity index (χ0) is 19.4. The summed E-state index contributed by atoms with van der Waals surface area (Å²) in [6.07, 6.45) is -5.81. The van der Waals surface area contributed by atoms with Crippen LogP contribution in [-0.2, 0) is 14.3 Å². The molecule has 0 unspecified atom stereocenters. The number of ether oxygens (including phenoxy) is 1. The van der Waals surface area contributed by atoms with E-state index in [0.717, 1.165) is 3.79 Å². The smallest absolute Gasteiger partial charge is 0.386 e. The lowest BCUT2D eigenvalue weighted by Gasteiger charge is -2.29. The monoisotopic (exact) mass is 445 g/mol. The highest BCUT2D eigenvalue weighted by Crippen LogP contribution is 2.22. The first-order valence-electron chi connectivity index (χ1n) is 6.96. The highest BCUT2D eigenvalue weighted by atomic mass is 79.9. The zero-order valence-electron chi connectivity index (χ0n) is 13.6. The number of quaternary nitrogens is 1. The summed E-state index contributed by atoms with van der Waals surface area (Å²) in [7, 11) is 5.35. The van der Waals surface area contributed by atoms with Crippen LogP contribution in [0, 0.1) is 0 Å². The van der Waals surface area contributed by atoms with Crippen LogP contribution in [0.15, 0.2) is 15.9 Å². The van der Waals surface area contributed by atoms with E-state index in [1.807, 2.05) is 0 Å². The lowest BCUT2D eigenvalue weighted by atomic mass is 10.1. The lowest BCUT2D eigenvalue weighted by Crippen LogP contribution is -2.50. The Balaban J connectivity index is 2.78. The van der Waals surface area contributed by atoms with E-state index in [9.17, 15) is 27.6 Å². The van der Waals surface area contributed by atoms with Crippen molar-refractivity contribution in [1.29, 1.82) is 0 Å². The zero-order valence-corrected chi connectivity index (χ0v) is 16.0. The van der Waals surface area contributed by atoms with Crippen molar-refractivity contribution in [1.82, 2.24) is 5.32 Å². The highest BCUT2D eigenvalue weighted by Gasteiger charge is 2.42. The molecule has 0 radical (unpaired) electrons. The number of hydrogen-bond acceptors (Lipinski definition) is 5. The number of nitrogens with one attached hydrogen (secondary N) is 1. The fraction of sp³-hybridized carbons (Fsp3) is 0.500. The van der Waals surface area contributed by atoms with Crippen molar-refractivity contribution >= 4 is 45.1 Å². The van der Waals surface area contributed by atoms with Crippen LogP contribution < -0.4 is 5.32 Å². The topological polar surface area (TPSA) is 72.5 Å². The van der Waals surface area contributed by atoms with Gasteiger partial charge in [0.15, 0.2) is 0 Å². The lowest BCUT2D eigenvalue weighted by molar-refractivity contribution is -0.871. The van der Waals surface area contributed by atoms with E-state index in [1.54, 1.807) is 33.3 Å².